The third-order valence-corrected chi connectivity index (χ3v) is 5.72. The summed E-state index contributed by atoms with van der Waals surface area (Å²) in [6.07, 6.45) is 1.76. The third-order valence-electron chi connectivity index (χ3n) is 4.10. The van der Waals surface area contributed by atoms with E-state index < -0.39 is 0 Å². The number of allylic oxidation sites excluding steroid dienone is 1. The second-order valence-electron chi connectivity index (χ2n) is 6.33. The van der Waals surface area contributed by atoms with Gasteiger partial charge in [-0.1, -0.05) is 53.0 Å². The standard InChI is InChI=1S/C23H14BrCl3N2O2/c24-19-10-14(9-16(12-28)15-2-4-17(25)5-3-15)1-8-22(19)31-13-23(30)29-18-6-7-20(26)21(27)11-18/h1-11H,13H2,(H,29,30)/b16-9+. The number of carbonyl (C=O) groups is 1. The van der Waals surface area contributed by atoms with Crippen LogP contribution in [0.3, 0.4) is 0 Å². The number of carbonyl (C=O) groups excluding carboxylic acids is 1. The third kappa shape index (κ3) is 6.49. The highest BCUT2D eigenvalue weighted by molar-refractivity contribution is 9.10. The molecule has 156 valence electrons. The highest BCUT2D eigenvalue weighted by atomic mass is 79.9. The monoisotopic (exact) mass is 534 g/mol. The lowest BCUT2D eigenvalue weighted by Gasteiger charge is -2.10. The number of nitriles is 1. The zero-order valence-corrected chi connectivity index (χ0v) is 19.7. The highest BCUT2D eigenvalue weighted by Crippen LogP contribution is 2.29. The predicted molar refractivity (Wildman–Crippen MR) is 130 cm³/mol. The molecule has 8 heteroatoms. The van der Waals surface area contributed by atoms with E-state index in [2.05, 4.69) is 27.3 Å². The Labute approximate surface area is 203 Å². The van der Waals surface area contributed by atoms with Crippen LogP contribution in [0.4, 0.5) is 5.69 Å². The van der Waals surface area contributed by atoms with E-state index in [1.807, 2.05) is 0 Å². The number of rotatable bonds is 6. The van der Waals surface area contributed by atoms with Gasteiger partial charge in [-0.15, -0.1) is 0 Å². The van der Waals surface area contributed by atoms with Crippen LogP contribution >= 0.6 is 50.7 Å². The number of anilines is 1. The first kappa shape index (κ1) is 23.2. The number of hydrogen-bond acceptors (Lipinski definition) is 3. The fraction of sp³-hybridized carbons (Fsp3) is 0.0435. The van der Waals surface area contributed by atoms with Gasteiger partial charge in [0, 0.05) is 10.7 Å². The SMILES string of the molecule is N#C/C(=C\c1ccc(OCC(=O)Nc2ccc(Cl)c(Cl)c2)c(Br)c1)c1ccc(Cl)cc1. The lowest BCUT2D eigenvalue weighted by Crippen LogP contribution is -2.20. The largest absolute Gasteiger partial charge is 0.483 e. The molecule has 0 aromatic heterocycles. The molecular formula is C23H14BrCl3N2O2. The summed E-state index contributed by atoms with van der Waals surface area (Å²) >= 11 is 21.2. The number of nitrogens with one attached hydrogen (secondary N) is 1. The Kier molecular flexibility index (Phi) is 8.00. The molecule has 3 aromatic carbocycles. The Morgan fingerprint density at radius 3 is 2.42 bits per heavy atom. The van der Waals surface area contributed by atoms with Crippen LogP contribution in [0.5, 0.6) is 5.75 Å². The first-order valence-corrected chi connectivity index (χ1v) is 10.8. The molecule has 0 unspecified atom stereocenters. The molecule has 0 saturated heterocycles. The molecule has 0 spiro atoms. The van der Waals surface area contributed by atoms with Gasteiger partial charge in [-0.3, -0.25) is 4.79 Å². The molecule has 0 heterocycles. The molecule has 0 fully saturated rings. The minimum absolute atomic E-state index is 0.192. The summed E-state index contributed by atoms with van der Waals surface area (Å²) in [5.74, 6) is 0.148. The molecule has 0 saturated carbocycles. The minimum atomic E-state index is -0.344. The minimum Gasteiger partial charge on any atom is -0.483 e. The molecule has 3 rings (SSSR count). The average Bonchev–Trinajstić information content (AvgIpc) is 2.75. The molecule has 0 aliphatic carbocycles. The van der Waals surface area contributed by atoms with Gasteiger partial charge in [-0.2, -0.15) is 5.26 Å². The lowest BCUT2D eigenvalue weighted by atomic mass is 10.0. The molecule has 0 atom stereocenters. The van der Waals surface area contributed by atoms with Crippen LogP contribution in [0.2, 0.25) is 15.1 Å². The van der Waals surface area contributed by atoms with Gasteiger partial charge in [0.05, 0.1) is 26.2 Å². The lowest BCUT2D eigenvalue weighted by molar-refractivity contribution is -0.118. The van der Waals surface area contributed by atoms with Gasteiger partial charge < -0.3 is 10.1 Å². The van der Waals surface area contributed by atoms with Gasteiger partial charge in [0.25, 0.3) is 5.91 Å². The van der Waals surface area contributed by atoms with E-state index in [4.69, 9.17) is 39.5 Å². The maximum Gasteiger partial charge on any atom is 0.262 e. The average molecular weight is 537 g/mol. The van der Waals surface area contributed by atoms with Crippen molar-refractivity contribution in [1.29, 1.82) is 5.26 Å². The fourth-order valence-corrected chi connectivity index (χ4v) is 3.55. The quantitative estimate of drug-likeness (QED) is 0.262. The van der Waals surface area contributed by atoms with Gasteiger partial charge in [0.1, 0.15) is 5.75 Å². The van der Waals surface area contributed by atoms with E-state index in [9.17, 15) is 10.1 Å². The van der Waals surface area contributed by atoms with Crippen LogP contribution in [0.25, 0.3) is 11.6 Å². The number of ether oxygens (including phenoxy) is 1. The highest BCUT2D eigenvalue weighted by Gasteiger charge is 2.09. The topological polar surface area (TPSA) is 62.1 Å². The summed E-state index contributed by atoms with van der Waals surface area (Å²) in [7, 11) is 0. The van der Waals surface area contributed by atoms with Gasteiger partial charge >= 0.3 is 0 Å². The molecular weight excluding hydrogens is 523 g/mol. The van der Waals surface area contributed by atoms with E-state index in [0.29, 0.717) is 36.6 Å². The molecule has 31 heavy (non-hydrogen) atoms. The molecule has 1 N–H and O–H groups in total. The van der Waals surface area contributed by atoms with Gasteiger partial charge in [-0.25, -0.2) is 0 Å². The van der Waals surface area contributed by atoms with Crippen molar-refractivity contribution >= 4 is 74.0 Å². The molecule has 0 aliphatic heterocycles. The number of benzene rings is 3. The van der Waals surface area contributed by atoms with E-state index in [0.717, 1.165) is 11.1 Å². The Morgan fingerprint density at radius 1 is 1.03 bits per heavy atom. The van der Waals surface area contributed by atoms with E-state index in [1.54, 1.807) is 66.7 Å². The molecule has 1 amide bonds. The van der Waals surface area contributed by atoms with Gasteiger partial charge in [0.15, 0.2) is 6.61 Å². The van der Waals surface area contributed by atoms with Crippen LogP contribution in [0, 0.1) is 11.3 Å². The van der Waals surface area contributed by atoms with Crippen molar-refractivity contribution in [2.24, 2.45) is 0 Å². The van der Waals surface area contributed by atoms with Crippen molar-refractivity contribution in [2.75, 3.05) is 11.9 Å². The fourth-order valence-electron chi connectivity index (χ4n) is 2.61. The predicted octanol–water partition coefficient (Wildman–Crippen LogP) is 7.49. The zero-order chi connectivity index (χ0) is 22.4. The van der Waals surface area contributed by atoms with Crippen LogP contribution < -0.4 is 10.1 Å². The summed E-state index contributed by atoms with van der Waals surface area (Å²) in [4.78, 5) is 12.1. The molecule has 0 bridgehead atoms. The zero-order valence-electron chi connectivity index (χ0n) is 15.8. The second-order valence-corrected chi connectivity index (χ2v) is 8.44. The van der Waals surface area contributed by atoms with Crippen LogP contribution in [-0.2, 0) is 4.79 Å². The summed E-state index contributed by atoms with van der Waals surface area (Å²) < 4.78 is 6.24. The van der Waals surface area contributed by atoms with Crippen LogP contribution in [-0.4, -0.2) is 12.5 Å². The normalized spacial score (nSPS) is 11.0. The van der Waals surface area contributed by atoms with Gasteiger partial charge in [0.2, 0.25) is 0 Å². The number of halogens is 4. The van der Waals surface area contributed by atoms with Crippen molar-refractivity contribution in [3.05, 3.63) is 91.3 Å². The van der Waals surface area contributed by atoms with Crippen molar-refractivity contribution in [3.63, 3.8) is 0 Å². The number of amides is 1. The van der Waals surface area contributed by atoms with Crippen molar-refractivity contribution in [2.45, 2.75) is 0 Å². The summed E-state index contributed by atoms with van der Waals surface area (Å²) in [5.41, 5.74) is 2.58. The van der Waals surface area contributed by atoms with Crippen molar-refractivity contribution < 1.29 is 9.53 Å². The Morgan fingerprint density at radius 2 is 1.77 bits per heavy atom. The van der Waals surface area contributed by atoms with Crippen LogP contribution in [0.1, 0.15) is 11.1 Å². The van der Waals surface area contributed by atoms with E-state index >= 15 is 0 Å². The Balaban J connectivity index is 1.66. The van der Waals surface area contributed by atoms with Gasteiger partial charge in [-0.05, 0) is 75.6 Å². The summed E-state index contributed by atoms with van der Waals surface area (Å²) in [5, 5.41) is 13.5. The van der Waals surface area contributed by atoms with E-state index in [1.165, 1.54) is 0 Å². The summed E-state index contributed by atoms with van der Waals surface area (Å²) in [6.45, 7) is -0.192. The maximum atomic E-state index is 12.1. The first-order valence-electron chi connectivity index (χ1n) is 8.90. The van der Waals surface area contributed by atoms with Crippen molar-refractivity contribution in [3.8, 4) is 11.8 Å². The molecule has 4 nitrogen and oxygen atoms in total. The smallest absolute Gasteiger partial charge is 0.262 e. The number of nitrogens with zero attached hydrogens (tertiary/aromatic N) is 1. The second kappa shape index (κ2) is 10.7. The van der Waals surface area contributed by atoms with Crippen LogP contribution in [0.15, 0.2) is 65.1 Å². The molecule has 0 aliphatic rings. The number of hydrogen-bond donors (Lipinski definition) is 1. The Hall–Kier alpha value is -2.49. The van der Waals surface area contributed by atoms with E-state index in [-0.39, 0.29) is 12.5 Å². The maximum absolute atomic E-state index is 12.1. The molecule has 0 radical (unpaired) electrons. The summed E-state index contributed by atoms with van der Waals surface area (Å²) in [6, 6.07) is 19.4. The first-order chi connectivity index (χ1) is 14.9. The Bertz CT molecular complexity index is 1190. The van der Waals surface area contributed by atoms with Crippen molar-refractivity contribution in [1.82, 2.24) is 0 Å². The molecule has 3 aromatic rings.